The zero-order valence-electron chi connectivity index (χ0n) is 10.3. The quantitative estimate of drug-likeness (QED) is 0.776. The smallest absolute Gasteiger partial charge is 0.0630 e. The molecule has 0 fully saturated rings. The minimum Gasteiger partial charge on any atom is -0.309 e. The maximum Gasteiger partial charge on any atom is 0.0630 e. The normalized spacial score (nSPS) is 18.2. The van der Waals surface area contributed by atoms with Gasteiger partial charge in [0.25, 0.3) is 0 Å². The van der Waals surface area contributed by atoms with Gasteiger partial charge in [0.2, 0.25) is 0 Å². The van der Waals surface area contributed by atoms with Crippen molar-refractivity contribution < 1.29 is 0 Å². The Morgan fingerprint density at radius 3 is 2.94 bits per heavy atom. The minimum atomic E-state index is 0.468. The van der Waals surface area contributed by atoms with Crippen LogP contribution in [0.1, 0.15) is 49.1 Å². The van der Waals surface area contributed by atoms with Crippen LogP contribution in [0.2, 0.25) is 0 Å². The first-order valence-corrected chi connectivity index (χ1v) is 7.17. The fraction of sp³-hybridized carbons (Fsp3) is 0.571. The SMILES string of the molecule is CCc1ccsc1C(NC)C1=CCCCC1. The number of thiophene rings is 1. The molecule has 0 saturated heterocycles. The van der Waals surface area contributed by atoms with Crippen LogP contribution in [0.3, 0.4) is 0 Å². The molecule has 1 unspecified atom stereocenters. The average Bonchev–Trinajstić information content (AvgIpc) is 2.80. The molecule has 0 spiro atoms. The summed E-state index contributed by atoms with van der Waals surface area (Å²) < 4.78 is 0. The highest BCUT2D eigenvalue weighted by Gasteiger charge is 2.19. The maximum absolute atomic E-state index is 3.49. The van der Waals surface area contributed by atoms with Gasteiger partial charge in [0.05, 0.1) is 6.04 Å². The Hall–Kier alpha value is -0.600. The van der Waals surface area contributed by atoms with Gasteiger partial charge in [-0.05, 0) is 56.2 Å². The zero-order chi connectivity index (χ0) is 11.4. The highest BCUT2D eigenvalue weighted by atomic mass is 32.1. The Morgan fingerprint density at radius 1 is 1.44 bits per heavy atom. The molecule has 0 amide bonds. The summed E-state index contributed by atoms with van der Waals surface area (Å²) in [4.78, 5) is 1.53. The Morgan fingerprint density at radius 2 is 2.31 bits per heavy atom. The minimum absolute atomic E-state index is 0.468. The molecule has 0 aromatic carbocycles. The molecule has 1 aliphatic carbocycles. The van der Waals surface area contributed by atoms with E-state index >= 15 is 0 Å². The highest BCUT2D eigenvalue weighted by molar-refractivity contribution is 7.10. The van der Waals surface area contributed by atoms with Crippen LogP contribution >= 0.6 is 11.3 Å². The number of nitrogens with one attached hydrogen (secondary N) is 1. The third-order valence-electron chi connectivity index (χ3n) is 3.41. The summed E-state index contributed by atoms with van der Waals surface area (Å²) in [6.07, 6.45) is 8.85. The van der Waals surface area contributed by atoms with Crippen LogP contribution in [0.25, 0.3) is 0 Å². The summed E-state index contributed by atoms with van der Waals surface area (Å²) in [5.41, 5.74) is 3.11. The van der Waals surface area contributed by atoms with E-state index in [-0.39, 0.29) is 0 Å². The molecule has 0 radical (unpaired) electrons. The number of allylic oxidation sites excluding steroid dienone is 1. The van der Waals surface area contributed by atoms with Gasteiger partial charge in [0, 0.05) is 4.88 Å². The summed E-state index contributed by atoms with van der Waals surface area (Å²) in [6.45, 7) is 2.24. The van der Waals surface area contributed by atoms with Crippen molar-refractivity contribution in [3.05, 3.63) is 33.5 Å². The first kappa shape index (κ1) is 11.9. The monoisotopic (exact) mass is 235 g/mol. The van der Waals surface area contributed by atoms with Crippen molar-refractivity contribution in [3.63, 3.8) is 0 Å². The molecule has 0 aliphatic heterocycles. The molecular formula is C14H21NS. The third kappa shape index (κ3) is 2.38. The van der Waals surface area contributed by atoms with Crippen LogP contribution in [0.4, 0.5) is 0 Å². The van der Waals surface area contributed by atoms with E-state index in [0.29, 0.717) is 6.04 Å². The molecule has 1 nitrogen and oxygen atoms in total. The molecule has 1 N–H and O–H groups in total. The van der Waals surface area contributed by atoms with Crippen LogP contribution in [-0.2, 0) is 6.42 Å². The molecule has 1 aromatic rings. The number of rotatable bonds is 4. The standard InChI is InChI=1S/C14H21NS/c1-3-11-9-10-16-14(11)13(15-2)12-7-5-4-6-8-12/h7,9-10,13,15H,3-6,8H2,1-2H3. The van der Waals surface area contributed by atoms with E-state index < -0.39 is 0 Å². The summed E-state index contributed by atoms with van der Waals surface area (Å²) in [7, 11) is 2.08. The van der Waals surface area contributed by atoms with Gasteiger partial charge in [-0.3, -0.25) is 0 Å². The van der Waals surface area contributed by atoms with E-state index in [1.807, 2.05) is 11.3 Å². The van der Waals surface area contributed by atoms with Crippen LogP contribution < -0.4 is 5.32 Å². The molecule has 2 rings (SSSR count). The van der Waals surface area contributed by atoms with Crippen molar-refractivity contribution in [2.45, 2.75) is 45.1 Å². The van der Waals surface area contributed by atoms with Gasteiger partial charge in [0.1, 0.15) is 0 Å². The molecule has 1 aliphatic rings. The number of aryl methyl sites for hydroxylation is 1. The van der Waals surface area contributed by atoms with Gasteiger partial charge in [-0.25, -0.2) is 0 Å². The number of hydrogen-bond donors (Lipinski definition) is 1. The fourth-order valence-electron chi connectivity index (χ4n) is 2.50. The molecule has 2 heteroatoms. The molecule has 88 valence electrons. The molecule has 1 heterocycles. The van der Waals surface area contributed by atoms with Crippen LogP contribution in [0, 0.1) is 0 Å². The molecule has 0 saturated carbocycles. The predicted molar refractivity (Wildman–Crippen MR) is 72.0 cm³/mol. The molecule has 1 aromatic heterocycles. The van der Waals surface area contributed by atoms with Gasteiger partial charge in [0.15, 0.2) is 0 Å². The van der Waals surface area contributed by atoms with E-state index in [9.17, 15) is 0 Å². The zero-order valence-corrected chi connectivity index (χ0v) is 11.1. The Balaban J connectivity index is 2.24. The van der Waals surface area contributed by atoms with Crippen molar-refractivity contribution in [2.75, 3.05) is 7.05 Å². The van der Waals surface area contributed by atoms with Crippen molar-refractivity contribution >= 4 is 11.3 Å². The largest absolute Gasteiger partial charge is 0.309 e. The predicted octanol–water partition coefficient (Wildman–Crippen LogP) is 4.07. The molecule has 16 heavy (non-hydrogen) atoms. The Labute approximate surface area is 103 Å². The Kier molecular flexibility index (Phi) is 4.19. The lowest BCUT2D eigenvalue weighted by Crippen LogP contribution is -2.19. The lowest BCUT2D eigenvalue weighted by molar-refractivity contribution is 0.596. The second-order valence-electron chi connectivity index (χ2n) is 4.41. The fourth-order valence-corrected chi connectivity index (χ4v) is 3.65. The van der Waals surface area contributed by atoms with Crippen LogP contribution in [-0.4, -0.2) is 7.05 Å². The maximum atomic E-state index is 3.49. The summed E-state index contributed by atoms with van der Waals surface area (Å²) in [6, 6.07) is 2.74. The summed E-state index contributed by atoms with van der Waals surface area (Å²) in [5, 5.41) is 5.72. The van der Waals surface area contributed by atoms with Crippen molar-refractivity contribution in [3.8, 4) is 0 Å². The average molecular weight is 235 g/mol. The lowest BCUT2D eigenvalue weighted by atomic mass is 9.92. The third-order valence-corrected chi connectivity index (χ3v) is 4.43. The van der Waals surface area contributed by atoms with Gasteiger partial charge >= 0.3 is 0 Å². The van der Waals surface area contributed by atoms with Gasteiger partial charge in [-0.15, -0.1) is 11.3 Å². The lowest BCUT2D eigenvalue weighted by Gasteiger charge is -2.23. The first-order chi connectivity index (χ1) is 7.86. The van der Waals surface area contributed by atoms with E-state index in [1.54, 1.807) is 5.57 Å². The van der Waals surface area contributed by atoms with Gasteiger partial charge in [-0.2, -0.15) is 0 Å². The van der Waals surface area contributed by atoms with Crippen molar-refractivity contribution in [1.82, 2.24) is 5.32 Å². The second-order valence-corrected chi connectivity index (χ2v) is 5.36. The van der Waals surface area contributed by atoms with Gasteiger partial charge in [-0.1, -0.05) is 18.6 Å². The van der Waals surface area contributed by atoms with Gasteiger partial charge < -0.3 is 5.32 Å². The molecule has 1 atom stereocenters. The number of hydrogen-bond acceptors (Lipinski definition) is 2. The van der Waals surface area contributed by atoms with E-state index in [1.165, 1.54) is 36.1 Å². The highest BCUT2D eigenvalue weighted by Crippen LogP contribution is 2.34. The second kappa shape index (κ2) is 5.65. The van der Waals surface area contributed by atoms with E-state index in [4.69, 9.17) is 0 Å². The van der Waals surface area contributed by atoms with Crippen LogP contribution in [0.15, 0.2) is 23.1 Å². The summed E-state index contributed by atoms with van der Waals surface area (Å²) in [5.74, 6) is 0. The van der Waals surface area contributed by atoms with E-state index in [0.717, 1.165) is 6.42 Å². The molecule has 0 bridgehead atoms. The van der Waals surface area contributed by atoms with Crippen molar-refractivity contribution in [1.29, 1.82) is 0 Å². The summed E-state index contributed by atoms with van der Waals surface area (Å²) >= 11 is 1.90. The van der Waals surface area contributed by atoms with E-state index in [2.05, 4.69) is 36.8 Å². The van der Waals surface area contributed by atoms with Crippen molar-refractivity contribution in [2.24, 2.45) is 0 Å². The Bertz CT molecular complexity index is 365. The number of likely N-dealkylation sites (N-methyl/N-ethyl adjacent to an activating group) is 1. The molecular weight excluding hydrogens is 214 g/mol. The first-order valence-electron chi connectivity index (χ1n) is 6.29. The van der Waals surface area contributed by atoms with Crippen LogP contribution in [0.5, 0.6) is 0 Å². The topological polar surface area (TPSA) is 12.0 Å².